The van der Waals surface area contributed by atoms with Crippen LogP contribution in [-0.2, 0) is 11.3 Å². The Morgan fingerprint density at radius 1 is 1.75 bits per heavy atom. The van der Waals surface area contributed by atoms with Gasteiger partial charge < -0.3 is 15.6 Å². The quantitative estimate of drug-likeness (QED) is 0.763. The van der Waals surface area contributed by atoms with E-state index in [1.54, 1.807) is 6.20 Å². The highest BCUT2D eigenvalue weighted by molar-refractivity contribution is 5.77. The lowest BCUT2D eigenvalue weighted by atomic mass is 10.1. The fraction of sp³-hybridized carbons (Fsp3) is 0.600. The molecule has 1 heterocycles. The summed E-state index contributed by atoms with van der Waals surface area (Å²) in [5.74, 6) is -0.453. The van der Waals surface area contributed by atoms with Crippen LogP contribution in [0.2, 0.25) is 0 Å². The Bertz CT molecular complexity index is 371. The molecule has 1 aromatic heterocycles. The van der Waals surface area contributed by atoms with Crippen molar-refractivity contribution in [2.45, 2.75) is 39.0 Å². The predicted molar refractivity (Wildman–Crippen MR) is 58.2 cm³/mol. The monoisotopic (exact) mass is 227 g/mol. The van der Waals surface area contributed by atoms with Gasteiger partial charge in [0.2, 0.25) is 0 Å². The minimum atomic E-state index is -1.33. The summed E-state index contributed by atoms with van der Waals surface area (Å²) in [4.78, 5) is 10.8. The van der Waals surface area contributed by atoms with Crippen molar-refractivity contribution in [3.05, 3.63) is 12.4 Å². The molecule has 0 amide bonds. The largest absolute Gasteiger partial charge is 0.488 e. The van der Waals surface area contributed by atoms with E-state index in [9.17, 15) is 4.79 Å². The van der Waals surface area contributed by atoms with Gasteiger partial charge in [0.15, 0.2) is 5.75 Å². The summed E-state index contributed by atoms with van der Waals surface area (Å²) in [6.07, 6.45) is 3.23. The number of carboxylic acids is 1. The second-order valence-corrected chi connectivity index (χ2v) is 4.26. The number of rotatable bonds is 5. The van der Waals surface area contributed by atoms with Gasteiger partial charge in [0.1, 0.15) is 5.54 Å². The highest BCUT2D eigenvalue weighted by Crippen LogP contribution is 2.12. The smallest absolute Gasteiger partial charge is 0.325 e. The van der Waals surface area contributed by atoms with Crippen molar-refractivity contribution in [1.82, 2.24) is 9.78 Å². The van der Waals surface area contributed by atoms with Gasteiger partial charge in [-0.1, -0.05) is 0 Å². The van der Waals surface area contributed by atoms with E-state index in [1.807, 2.05) is 13.8 Å². The van der Waals surface area contributed by atoms with Crippen LogP contribution in [0.5, 0.6) is 5.75 Å². The molecule has 0 aliphatic heterocycles. The van der Waals surface area contributed by atoms with Gasteiger partial charge >= 0.3 is 5.97 Å². The summed E-state index contributed by atoms with van der Waals surface area (Å²) in [7, 11) is 0. The molecule has 3 N–H and O–H groups in total. The zero-order valence-corrected chi connectivity index (χ0v) is 9.67. The molecule has 0 aliphatic carbocycles. The molecule has 16 heavy (non-hydrogen) atoms. The summed E-state index contributed by atoms with van der Waals surface area (Å²) >= 11 is 0. The standard InChI is InChI=1S/C10H17N3O3/c1-7(2)16-8-4-12-13(5-8)6-10(3,11)9(14)15/h4-5,7H,6,11H2,1-3H3,(H,14,15). The molecule has 1 unspecified atom stereocenters. The minimum absolute atomic E-state index is 0.0568. The van der Waals surface area contributed by atoms with E-state index in [0.29, 0.717) is 5.75 Å². The van der Waals surface area contributed by atoms with Gasteiger partial charge in [-0.2, -0.15) is 5.10 Å². The Morgan fingerprint density at radius 3 is 2.88 bits per heavy atom. The van der Waals surface area contributed by atoms with E-state index in [2.05, 4.69) is 5.10 Å². The van der Waals surface area contributed by atoms with Crippen LogP contribution in [0, 0.1) is 0 Å². The normalized spacial score (nSPS) is 14.8. The first-order valence-corrected chi connectivity index (χ1v) is 5.02. The molecule has 0 radical (unpaired) electrons. The third kappa shape index (κ3) is 3.23. The molecule has 0 bridgehead atoms. The van der Waals surface area contributed by atoms with Gasteiger partial charge in [0.25, 0.3) is 0 Å². The number of aromatic nitrogens is 2. The van der Waals surface area contributed by atoms with Crippen molar-refractivity contribution in [2.24, 2.45) is 5.73 Å². The average molecular weight is 227 g/mol. The number of aliphatic carboxylic acids is 1. The van der Waals surface area contributed by atoms with Crippen molar-refractivity contribution < 1.29 is 14.6 Å². The van der Waals surface area contributed by atoms with Gasteiger partial charge in [-0.25, -0.2) is 0 Å². The lowest BCUT2D eigenvalue weighted by molar-refractivity contribution is -0.143. The van der Waals surface area contributed by atoms with E-state index >= 15 is 0 Å². The van der Waals surface area contributed by atoms with E-state index in [1.165, 1.54) is 17.8 Å². The summed E-state index contributed by atoms with van der Waals surface area (Å²) in [5.41, 5.74) is 4.27. The first-order chi connectivity index (χ1) is 7.31. The lowest BCUT2D eigenvalue weighted by Crippen LogP contribution is -2.48. The highest BCUT2D eigenvalue weighted by atomic mass is 16.5. The Kier molecular flexibility index (Phi) is 3.54. The second kappa shape index (κ2) is 4.52. The van der Waals surface area contributed by atoms with Crippen LogP contribution < -0.4 is 10.5 Å². The first-order valence-electron chi connectivity index (χ1n) is 5.02. The molecule has 0 aliphatic rings. The molecular formula is C10H17N3O3. The number of ether oxygens (including phenoxy) is 1. The topological polar surface area (TPSA) is 90.4 Å². The predicted octanol–water partition coefficient (Wildman–Crippen LogP) is 0.472. The van der Waals surface area contributed by atoms with Crippen molar-refractivity contribution >= 4 is 5.97 Å². The van der Waals surface area contributed by atoms with E-state index in [4.69, 9.17) is 15.6 Å². The summed E-state index contributed by atoms with van der Waals surface area (Å²) in [5, 5.41) is 12.8. The molecule has 90 valence electrons. The zero-order valence-electron chi connectivity index (χ0n) is 9.67. The molecule has 0 saturated carbocycles. The summed E-state index contributed by atoms with van der Waals surface area (Å²) < 4.78 is 6.86. The lowest BCUT2D eigenvalue weighted by Gasteiger charge is -2.18. The van der Waals surface area contributed by atoms with Gasteiger partial charge in [0.05, 0.1) is 25.0 Å². The number of nitrogens with two attached hydrogens (primary N) is 1. The Labute approximate surface area is 94.0 Å². The maximum Gasteiger partial charge on any atom is 0.325 e. The van der Waals surface area contributed by atoms with Crippen molar-refractivity contribution in [3.63, 3.8) is 0 Å². The fourth-order valence-corrected chi connectivity index (χ4v) is 1.17. The van der Waals surface area contributed by atoms with Crippen LogP contribution in [0.25, 0.3) is 0 Å². The average Bonchev–Trinajstić information content (AvgIpc) is 2.50. The molecule has 0 spiro atoms. The maximum absolute atomic E-state index is 10.8. The summed E-state index contributed by atoms with van der Waals surface area (Å²) in [6, 6.07) is 0. The second-order valence-electron chi connectivity index (χ2n) is 4.26. The van der Waals surface area contributed by atoms with E-state index in [-0.39, 0.29) is 12.6 Å². The third-order valence-electron chi connectivity index (χ3n) is 1.96. The molecule has 0 saturated heterocycles. The van der Waals surface area contributed by atoms with Crippen LogP contribution in [-0.4, -0.2) is 32.5 Å². The zero-order chi connectivity index (χ0) is 12.3. The molecule has 0 aromatic carbocycles. The number of nitrogens with zero attached hydrogens (tertiary/aromatic N) is 2. The molecule has 6 heteroatoms. The SMILES string of the molecule is CC(C)Oc1cnn(CC(C)(N)C(=O)O)c1. The van der Waals surface area contributed by atoms with Gasteiger partial charge in [0, 0.05) is 0 Å². The Hall–Kier alpha value is -1.56. The van der Waals surface area contributed by atoms with E-state index in [0.717, 1.165) is 0 Å². The van der Waals surface area contributed by atoms with Crippen LogP contribution in [0.3, 0.4) is 0 Å². The Morgan fingerprint density at radius 2 is 2.38 bits per heavy atom. The van der Waals surface area contributed by atoms with Gasteiger partial charge in [-0.05, 0) is 20.8 Å². The van der Waals surface area contributed by atoms with Crippen molar-refractivity contribution in [1.29, 1.82) is 0 Å². The Balaban J connectivity index is 2.69. The van der Waals surface area contributed by atoms with Crippen LogP contribution in [0.4, 0.5) is 0 Å². The van der Waals surface area contributed by atoms with Gasteiger partial charge in [-0.15, -0.1) is 0 Å². The first kappa shape index (κ1) is 12.5. The van der Waals surface area contributed by atoms with Crippen LogP contribution in [0.15, 0.2) is 12.4 Å². The molecule has 1 atom stereocenters. The number of carboxylic acid groups (broad SMARTS) is 1. The number of carbonyl (C=O) groups is 1. The van der Waals surface area contributed by atoms with E-state index < -0.39 is 11.5 Å². The molecule has 1 aromatic rings. The minimum Gasteiger partial charge on any atom is -0.488 e. The van der Waals surface area contributed by atoms with Crippen LogP contribution in [0.1, 0.15) is 20.8 Å². The molecule has 6 nitrogen and oxygen atoms in total. The summed E-state index contributed by atoms with van der Waals surface area (Å²) in [6.45, 7) is 5.35. The van der Waals surface area contributed by atoms with Gasteiger partial charge in [-0.3, -0.25) is 9.48 Å². The van der Waals surface area contributed by atoms with Crippen LogP contribution >= 0.6 is 0 Å². The third-order valence-corrected chi connectivity index (χ3v) is 1.96. The maximum atomic E-state index is 10.8. The fourth-order valence-electron chi connectivity index (χ4n) is 1.17. The van der Waals surface area contributed by atoms with Crippen molar-refractivity contribution in [3.8, 4) is 5.75 Å². The molecule has 0 fully saturated rings. The highest BCUT2D eigenvalue weighted by Gasteiger charge is 2.28. The molecule has 1 rings (SSSR count). The van der Waals surface area contributed by atoms with Crippen molar-refractivity contribution in [2.75, 3.05) is 0 Å². The molecular weight excluding hydrogens is 210 g/mol. The number of hydrogen-bond donors (Lipinski definition) is 2. The number of hydrogen-bond acceptors (Lipinski definition) is 4.